The number of hydrogen-bond donors (Lipinski definition) is 3. The van der Waals surface area contributed by atoms with Gasteiger partial charge in [0.15, 0.2) is 0 Å². The van der Waals surface area contributed by atoms with Gasteiger partial charge >= 0.3 is 6.09 Å². The van der Waals surface area contributed by atoms with Crippen molar-refractivity contribution >= 4 is 17.7 Å². The number of nitrogens with zero attached hydrogens (tertiary/aromatic N) is 1. The van der Waals surface area contributed by atoms with Crippen LogP contribution in [0.4, 0.5) is 4.79 Å². The molecular weight excluding hydrogens is 206 g/mol. The molecule has 0 atom stereocenters. The lowest BCUT2D eigenvalue weighted by atomic mass is 10.5. The average molecular weight is 218 g/mol. The Balaban J connectivity index is 0.000000241. The number of carboxylic acid groups (broad SMARTS) is 1. The van der Waals surface area contributed by atoms with E-state index in [0.717, 1.165) is 0 Å². The van der Waals surface area contributed by atoms with Gasteiger partial charge in [-0.05, 0) is 12.1 Å². The van der Waals surface area contributed by atoms with E-state index in [1.54, 1.807) is 31.5 Å². The summed E-state index contributed by atoms with van der Waals surface area (Å²) in [6.45, 7) is 2.41. The summed E-state index contributed by atoms with van der Waals surface area (Å²) in [5, 5.41) is 8.55. The molecule has 14 heavy (non-hydrogen) atoms. The van der Waals surface area contributed by atoms with Gasteiger partial charge in [0.25, 0.3) is 0 Å². The molecule has 78 valence electrons. The number of carbonyl (C=O) groups is 1. The Morgan fingerprint density at radius 2 is 2.43 bits per heavy atom. The molecule has 0 saturated heterocycles. The molecule has 1 amide bonds. The Bertz CT molecular complexity index is 256. The van der Waals surface area contributed by atoms with Crippen molar-refractivity contribution in [3.8, 4) is 0 Å². The van der Waals surface area contributed by atoms with Gasteiger partial charge in [-0.2, -0.15) is 0 Å². The standard InChI is InChI=1S/C5H4ClN.C3H8N2O2/c6-5-2-1-3-7-4-5;1-2-4-5-3(6)7/h1-4H;4-5H,2H2,1H3,(H,6,7). The summed E-state index contributed by atoms with van der Waals surface area (Å²) in [5.41, 5.74) is 4.36. The van der Waals surface area contributed by atoms with E-state index in [1.165, 1.54) is 0 Å². The van der Waals surface area contributed by atoms with E-state index in [4.69, 9.17) is 16.7 Å². The highest BCUT2D eigenvalue weighted by Gasteiger charge is 1.85. The van der Waals surface area contributed by atoms with Gasteiger partial charge in [0.05, 0.1) is 5.02 Å². The fraction of sp³-hybridized carbons (Fsp3) is 0.250. The van der Waals surface area contributed by atoms with Gasteiger partial charge in [0.2, 0.25) is 0 Å². The first-order chi connectivity index (χ1) is 6.66. The minimum atomic E-state index is -1.05. The zero-order valence-corrected chi connectivity index (χ0v) is 8.45. The molecule has 5 nitrogen and oxygen atoms in total. The number of amides is 1. The van der Waals surface area contributed by atoms with Crippen LogP contribution in [0.1, 0.15) is 6.92 Å². The van der Waals surface area contributed by atoms with Crippen molar-refractivity contribution in [2.24, 2.45) is 0 Å². The predicted octanol–water partition coefficient (Wildman–Crippen LogP) is 1.51. The number of halogens is 1. The monoisotopic (exact) mass is 217 g/mol. The molecule has 0 radical (unpaired) electrons. The Hall–Kier alpha value is -1.33. The fourth-order valence-corrected chi connectivity index (χ4v) is 0.635. The van der Waals surface area contributed by atoms with E-state index in [0.29, 0.717) is 11.6 Å². The maximum absolute atomic E-state index is 9.58. The van der Waals surface area contributed by atoms with Crippen LogP contribution in [0.25, 0.3) is 0 Å². The number of rotatable bonds is 2. The van der Waals surface area contributed by atoms with E-state index < -0.39 is 6.09 Å². The van der Waals surface area contributed by atoms with Gasteiger partial charge in [-0.25, -0.2) is 10.2 Å². The predicted molar refractivity (Wildman–Crippen MR) is 54.1 cm³/mol. The molecule has 0 unspecified atom stereocenters. The van der Waals surface area contributed by atoms with Crippen LogP contribution in [-0.4, -0.2) is 22.7 Å². The molecule has 0 aromatic carbocycles. The Labute approximate surface area is 87.1 Å². The molecular formula is C8H12ClN3O2. The van der Waals surface area contributed by atoms with Crippen molar-refractivity contribution in [3.05, 3.63) is 29.5 Å². The maximum atomic E-state index is 9.58. The van der Waals surface area contributed by atoms with Crippen molar-refractivity contribution in [2.75, 3.05) is 6.54 Å². The number of aromatic nitrogens is 1. The smallest absolute Gasteiger partial charge is 0.419 e. The second-order valence-corrected chi connectivity index (χ2v) is 2.57. The Kier molecular flexibility index (Phi) is 7.49. The highest BCUT2D eigenvalue weighted by atomic mass is 35.5. The summed E-state index contributed by atoms with van der Waals surface area (Å²) in [4.78, 5) is 13.3. The van der Waals surface area contributed by atoms with Gasteiger partial charge < -0.3 is 5.11 Å². The molecule has 0 aliphatic carbocycles. The summed E-state index contributed by atoms with van der Waals surface area (Å²) in [7, 11) is 0. The van der Waals surface area contributed by atoms with Gasteiger partial charge in [0, 0.05) is 18.9 Å². The highest BCUT2D eigenvalue weighted by molar-refractivity contribution is 6.30. The summed E-state index contributed by atoms with van der Waals surface area (Å²) in [6.07, 6.45) is 2.23. The SMILES string of the molecule is CCNNC(=O)O.Clc1cccnc1. The van der Waals surface area contributed by atoms with Crippen LogP contribution in [0.2, 0.25) is 5.02 Å². The third-order valence-electron chi connectivity index (χ3n) is 0.998. The van der Waals surface area contributed by atoms with E-state index >= 15 is 0 Å². The van der Waals surface area contributed by atoms with Gasteiger partial charge in [-0.1, -0.05) is 18.5 Å². The molecule has 1 rings (SSSR count). The molecule has 1 aromatic rings. The summed E-state index contributed by atoms with van der Waals surface area (Å²) in [5.74, 6) is 0. The molecule has 1 heterocycles. The number of pyridine rings is 1. The molecule has 0 spiro atoms. The van der Waals surface area contributed by atoms with Gasteiger partial charge in [-0.3, -0.25) is 10.4 Å². The zero-order valence-electron chi connectivity index (χ0n) is 7.70. The van der Waals surface area contributed by atoms with E-state index in [2.05, 4.69) is 10.4 Å². The maximum Gasteiger partial charge on any atom is 0.419 e. The average Bonchev–Trinajstić information content (AvgIpc) is 2.17. The Morgan fingerprint density at radius 3 is 2.64 bits per heavy atom. The van der Waals surface area contributed by atoms with Crippen molar-refractivity contribution in [3.63, 3.8) is 0 Å². The molecule has 6 heteroatoms. The summed E-state index contributed by atoms with van der Waals surface area (Å²) < 4.78 is 0. The second kappa shape index (κ2) is 8.28. The normalized spacial score (nSPS) is 8.43. The van der Waals surface area contributed by atoms with E-state index in [1.807, 2.05) is 5.43 Å². The van der Waals surface area contributed by atoms with E-state index in [9.17, 15) is 4.79 Å². The number of hydrazine groups is 1. The molecule has 0 bridgehead atoms. The fourth-order valence-electron chi connectivity index (χ4n) is 0.506. The van der Waals surface area contributed by atoms with Gasteiger partial charge in [0.1, 0.15) is 0 Å². The number of hydrogen-bond acceptors (Lipinski definition) is 3. The molecule has 1 aromatic heterocycles. The van der Waals surface area contributed by atoms with Crippen LogP contribution in [-0.2, 0) is 0 Å². The van der Waals surface area contributed by atoms with Crippen molar-refractivity contribution in [2.45, 2.75) is 6.92 Å². The molecule has 0 fully saturated rings. The highest BCUT2D eigenvalue weighted by Crippen LogP contribution is 2.00. The largest absolute Gasteiger partial charge is 0.464 e. The Morgan fingerprint density at radius 1 is 1.71 bits per heavy atom. The van der Waals surface area contributed by atoms with Crippen LogP contribution in [0.3, 0.4) is 0 Å². The molecule has 0 saturated carbocycles. The van der Waals surface area contributed by atoms with Crippen LogP contribution in [0, 0.1) is 0 Å². The summed E-state index contributed by atoms with van der Waals surface area (Å²) >= 11 is 5.48. The van der Waals surface area contributed by atoms with E-state index in [-0.39, 0.29) is 0 Å². The van der Waals surface area contributed by atoms with Crippen molar-refractivity contribution in [1.82, 2.24) is 15.8 Å². The minimum absolute atomic E-state index is 0.603. The molecule has 3 N–H and O–H groups in total. The first kappa shape index (κ1) is 12.7. The topological polar surface area (TPSA) is 74.2 Å². The van der Waals surface area contributed by atoms with Crippen LogP contribution in [0.15, 0.2) is 24.5 Å². The van der Waals surface area contributed by atoms with Crippen molar-refractivity contribution < 1.29 is 9.90 Å². The van der Waals surface area contributed by atoms with Gasteiger partial charge in [-0.15, -0.1) is 0 Å². The first-order valence-electron chi connectivity index (χ1n) is 3.94. The number of nitrogens with one attached hydrogen (secondary N) is 2. The summed E-state index contributed by atoms with van der Waals surface area (Å²) in [6, 6.07) is 3.58. The molecule has 0 aliphatic rings. The lowest BCUT2D eigenvalue weighted by molar-refractivity contribution is 0.189. The zero-order chi connectivity index (χ0) is 10.8. The molecule has 0 aliphatic heterocycles. The first-order valence-corrected chi connectivity index (χ1v) is 4.32. The lowest BCUT2D eigenvalue weighted by Crippen LogP contribution is -2.35. The van der Waals surface area contributed by atoms with Crippen molar-refractivity contribution in [1.29, 1.82) is 0 Å². The van der Waals surface area contributed by atoms with Crippen LogP contribution >= 0.6 is 11.6 Å². The minimum Gasteiger partial charge on any atom is -0.464 e. The third-order valence-corrected chi connectivity index (χ3v) is 1.22. The lowest BCUT2D eigenvalue weighted by Gasteiger charge is -1.95. The quantitative estimate of drug-likeness (QED) is 0.657. The van der Waals surface area contributed by atoms with Crippen LogP contribution < -0.4 is 10.9 Å². The third kappa shape index (κ3) is 8.76. The van der Waals surface area contributed by atoms with Crippen LogP contribution in [0.5, 0.6) is 0 Å². The second-order valence-electron chi connectivity index (χ2n) is 2.13.